The van der Waals surface area contributed by atoms with Crippen LogP contribution in [0, 0.1) is 0 Å². The van der Waals surface area contributed by atoms with Crippen LogP contribution in [0.5, 0.6) is 11.5 Å². The second kappa shape index (κ2) is 13.3. The van der Waals surface area contributed by atoms with Crippen molar-refractivity contribution in [2.75, 3.05) is 7.11 Å². The number of aliphatic carboxylic acids is 2. The number of carboxylic acid groups (broad SMARTS) is 2. The fourth-order valence-corrected chi connectivity index (χ4v) is 4.89. The van der Waals surface area contributed by atoms with Crippen LogP contribution in [-0.4, -0.2) is 56.5 Å². The van der Waals surface area contributed by atoms with Crippen molar-refractivity contribution in [1.82, 2.24) is 4.90 Å². The highest BCUT2D eigenvalue weighted by Crippen LogP contribution is 2.36. The molecule has 0 radical (unpaired) electrons. The van der Waals surface area contributed by atoms with Crippen LogP contribution in [-0.2, 0) is 14.4 Å². The van der Waals surface area contributed by atoms with Crippen molar-refractivity contribution in [1.29, 1.82) is 0 Å². The normalized spacial score (nSPS) is 16.6. The minimum Gasteiger partial charge on any atom is -0.493 e. The van der Waals surface area contributed by atoms with Crippen LogP contribution in [0.1, 0.15) is 64.4 Å². The number of methoxy groups -OCH3 is 1. The van der Waals surface area contributed by atoms with E-state index < -0.39 is 30.3 Å². The summed E-state index contributed by atoms with van der Waals surface area (Å²) in [6, 6.07) is 3.69. The van der Waals surface area contributed by atoms with E-state index in [0.29, 0.717) is 17.1 Å². The molecule has 186 valence electrons. The van der Waals surface area contributed by atoms with Crippen molar-refractivity contribution in [2.45, 2.75) is 70.9 Å². The number of hydrogen-bond acceptors (Lipinski definition) is 7. The second-order valence-corrected chi connectivity index (χ2v) is 9.72. The summed E-state index contributed by atoms with van der Waals surface area (Å²) in [6.07, 6.45) is 7.78. The molecule has 10 heteroatoms. The number of unbranched alkanes of at least 4 members (excludes halogenated alkanes) is 4. The molecule has 1 aromatic rings. The molecule has 34 heavy (non-hydrogen) atoms. The molecule has 2 atom stereocenters. The first-order valence-electron chi connectivity index (χ1n) is 11.2. The zero-order chi connectivity index (χ0) is 25.3. The molecule has 0 aliphatic carbocycles. The first kappa shape index (κ1) is 27.7. The molecule has 0 spiro atoms. The molecule has 1 fully saturated rings. The number of carbonyl (C=O) groups excluding carboxylic acids is 1. The molecule has 0 bridgehead atoms. The van der Waals surface area contributed by atoms with E-state index in [0.717, 1.165) is 29.5 Å². The summed E-state index contributed by atoms with van der Waals surface area (Å²) in [5, 5.41) is 18.4. The molecule has 1 aliphatic heterocycles. The highest BCUT2D eigenvalue weighted by atomic mass is 32.2. The largest absolute Gasteiger partial charge is 0.493 e. The van der Waals surface area contributed by atoms with E-state index in [9.17, 15) is 19.5 Å². The summed E-state index contributed by atoms with van der Waals surface area (Å²) in [5.74, 6) is -2.29. The van der Waals surface area contributed by atoms with Gasteiger partial charge in [-0.3, -0.25) is 14.5 Å². The number of benzene rings is 1. The lowest BCUT2D eigenvalue weighted by Crippen LogP contribution is -2.45. The molecule has 2 unspecified atom stereocenters. The van der Waals surface area contributed by atoms with E-state index in [1.54, 1.807) is 24.3 Å². The lowest BCUT2D eigenvalue weighted by atomic mass is 10.1. The van der Waals surface area contributed by atoms with Crippen LogP contribution in [0.15, 0.2) is 23.1 Å². The van der Waals surface area contributed by atoms with E-state index in [1.807, 2.05) is 6.92 Å². The average Bonchev–Trinajstić information content (AvgIpc) is 3.05. The predicted molar refractivity (Wildman–Crippen MR) is 135 cm³/mol. The van der Waals surface area contributed by atoms with Crippen molar-refractivity contribution >= 4 is 52.2 Å². The van der Waals surface area contributed by atoms with Crippen LogP contribution in [0.4, 0.5) is 0 Å². The molecule has 1 aliphatic rings. The van der Waals surface area contributed by atoms with Gasteiger partial charge in [0.25, 0.3) is 5.91 Å². The third kappa shape index (κ3) is 7.73. The number of amides is 1. The van der Waals surface area contributed by atoms with Gasteiger partial charge in [-0.1, -0.05) is 62.7 Å². The van der Waals surface area contributed by atoms with Gasteiger partial charge in [0.1, 0.15) is 10.4 Å². The van der Waals surface area contributed by atoms with Gasteiger partial charge in [0.15, 0.2) is 11.5 Å². The van der Waals surface area contributed by atoms with Crippen molar-refractivity contribution < 1.29 is 34.1 Å². The molecule has 2 rings (SSSR count). The van der Waals surface area contributed by atoms with Crippen LogP contribution < -0.4 is 9.47 Å². The fourth-order valence-electron chi connectivity index (χ4n) is 3.54. The number of carbonyl (C=O) groups is 3. The number of nitrogens with zero attached hydrogens (tertiary/aromatic N) is 1. The summed E-state index contributed by atoms with van der Waals surface area (Å²) in [4.78, 5) is 36.4. The Hall–Kier alpha value is -2.59. The zero-order valence-corrected chi connectivity index (χ0v) is 21.2. The van der Waals surface area contributed by atoms with E-state index in [4.69, 9.17) is 26.8 Å². The van der Waals surface area contributed by atoms with Crippen molar-refractivity contribution in [3.05, 3.63) is 28.7 Å². The number of hydrogen-bond donors (Lipinski definition) is 2. The van der Waals surface area contributed by atoms with E-state index in [2.05, 4.69) is 6.92 Å². The Labute approximate surface area is 209 Å². The Morgan fingerprint density at radius 3 is 2.50 bits per heavy atom. The SMILES string of the molecule is CCCCCCCC(C)Oc1ccc(/C=C2/SC(=S)N(C(CC(=O)O)C(=O)O)C2=O)cc1OC. The Morgan fingerprint density at radius 2 is 1.88 bits per heavy atom. The number of rotatable bonds is 14. The minimum absolute atomic E-state index is 0.00424. The lowest BCUT2D eigenvalue weighted by molar-refractivity contribution is -0.150. The van der Waals surface area contributed by atoms with Gasteiger partial charge in [-0.25, -0.2) is 4.79 Å². The summed E-state index contributed by atoms with van der Waals surface area (Å²) >= 11 is 6.09. The van der Waals surface area contributed by atoms with Gasteiger partial charge < -0.3 is 19.7 Å². The molecule has 1 amide bonds. The number of ether oxygens (including phenoxy) is 2. The van der Waals surface area contributed by atoms with Crippen molar-refractivity contribution in [2.24, 2.45) is 0 Å². The summed E-state index contributed by atoms with van der Waals surface area (Å²) in [5.41, 5.74) is 0.641. The second-order valence-electron chi connectivity index (χ2n) is 8.05. The van der Waals surface area contributed by atoms with Gasteiger partial charge in [-0.15, -0.1) is 0 Å². The van der Waals surface area contributed by atoms with Crippen LogP contribution in [0.25, 0.3) is 6.08 Å². The van der Waals surface area contributed by atoms with Gasteiger partial charge in [-0.05, 0) is 43.5 Å². The van der Waals surface area contributed by atoms with Crippen LogP contribution in [0.2, 0.25) is 0 Å². The Balaban J connectivity index is 2.12. The van der Waals surface area contributed by atoms with Crippen molar-refractivity contribution in [3.8, 4) is 11.5 Å². The number of thioether (sulfide) groups is 1. The first-order chi connectivity index (χ1) is 16.2. The minimum atomic E-state index is -1.57. The highest BCUT2D eigenvalue weighted by Gasteiger charge is 2.41. The molecule has 8 nitrogen and oxygen atoms in total. The molecule has 0 aromatic heterocycles. The summed E-state index contributed by atoms with van der Waals surface area (Å²) in [7, 11) is 1.53. The van der Waals surface area contributed by atoms with Gasteiger partial charge in [0.2, 0.25) is 0 Å². The number of thiocarbonyl (C=S) groups is 1. The van der Waals surface area contributed by atoms with Crippen molar-refractivity contribution in [3.63, 3.8) is 0 Å². The van der Waals surface area contributed by atoms with Gasteiger partial charge >= 0.3 is 11.9 Å². The zero-order valence-electron chi connectivity index (χ0n) is 19.6. The Kier molecular flexibility index (Phi) is 10.8. The Morgan fingerprint density at radius 1 is 1.18 bits per heavy atom. The molecule has 1 heterocycles. The topological polar surface area (TPSA) is 113 Å². The quantitative estimate of drug-likeness (QED) is 0.204. The van der Waals surface area contributed by atoms with E-state index >= 15 is 0 Å². The molecule has 1 aromatic carbocycles. The third-order valence-corrected chi connectivity index (χ3v) is 6.65. The number of carboxylic acids is 2. The maximum absolute atomic E-state index is 12.8. The lowest BCUT2D eigenvalue weighted by Gasteiger charge is -2.21. The molecule has 2 N–H and O–H groups in total. The first-order valence-corrected chi connectivity index (χ1v) is 12.5. The standard InChI is InChI=1S/C24H31NO7S2/c1-4-5-6-7-8-9-15(2)32-18-11-10-16(12-19(18)31-3)13-20-22(28)25(24(33)34-20)17(23(29)30)14-21(26)27/h10-13,15,17H,4-9,14H2,1-3H3,(H,26,27)(H,29,30)/b20-13+. The highest BCUT2D eigenvalue weighted by molar-refractivity contribution is 8.26. The van der Waals surface area contributed by atoms with Gasteiger partial charge in [-0.2, -0.15) is 0 Å². The Bertz CT molecular complexity index is 947. The van der Waals surface area contributed by atoms with Crippen LogP contribution in [0.3, 0.4) is 0 Å². The van der Waals surface area contributed by atoms with E-state index in [-0.39, 0.29) is 15.3 Å². The third-order valence-electron chi connectivity index (χ3n) is 5.32. The average molecular weight is 510 g/mol. The van der Waals surface area contributed by atoms with Gasteiger partial charge in [0.05, 0.1) is 24.5 Å². The molecular weight excluding hydrogens is 478 g/mol. The fraction of sp³-hybridized carbons (Fsp3) is 0.500. The van der Waals surface area contributed by atoms with E-state index in [1.165, 1.54) is 32.8 Å². The summed E-state index contributed by atoms with van der Waals surface area (Å²) in [6.45, 7) is 4.21. The molecule has 0 saturated carbocycles. The monoisotopic (exact) mass is 509 g/mol. The maximum atomic E-state index is 12.8. The maximum Gasteiger partial charge on any atom is 0.327 e. The molecule has 1 saturated heterocycles. The van der Waals surface area contributed by atoms with Crippen LogP contribution >= 0.6 is 24.0 Å². The molecular formula is C24H31NO7S2. The predicted octanol–water partition coefficient (Wildman–Crippen LogP) is 4.95. The van der Waals surface area contributed by atoms with Gasteiger partial charge in [0, 0.05) is 0 Å². The smallest absolute Gasteiger partial charge is 0.327 e. The summed E-state index contributed by atoms with van der Waals surface area (Å²) < 4.78 is 11.5.